The van der Waals surface area contributed by atoms with Crippen molar-refractivity contribution >= 4 is 45.3 Å². The van der Waals surface area contributed by atoms with E-state index in [-0.39, 0.29) is 5.95 Å². The maximum Gasteiger partial charge on any atom is 0.224 e. The van der Waals surface area contributed by atoms with Gasteiger partial charge in [-0.05, 0) is 34.9 Å². The van der Waals surface area contributed by atoms with Crippen molar-refractivity contribution in [1.82, 2.24) is 15.0 Å². The number of pyridine rings is 1. The van der Waals surface area contributed by atoms with Gasteiger partial charge in [-0.25, -0.2) is 4.98 Å². The van der Waals surface area contributed by atoms with Gasteiger partial charge in [0.1, 0.15) is 5.82 Å². The summed E-state index contributed by atoms with van der Waals surface area (Å²) in [5, 5.41) is 3.29. The van der Waals surface area contributed by atoms with E-state index in [1.807, 2.05) is 13.1 Å². The average Bonchev–Trinajstić information content (AvgIpc) is 2.60. The number of rotatable bonds is 3. The molecule has 0 unspecified atom stereocenters. The summed E-state index contributed by atoms with van der Waals surface area (Å²) in [5.74, 6) is 1.33. The molecule has 5 nitrogen and oxygen atoms in total. The van der Waals surface area contributed by atoms with E-state index in [1.54, 1.807) is 11.8 Å². The molecule has 0 atom stereocenters. The minimum absolute atomic E-state index is 0.148. The molecule has 4 N–H and O–H groups in total. The fraction of sp³-hybridized carbons (Fsp3) is 0.105. The number of thioether (sulfide) groups is 1. The maximum absolute atomic E-state index is 6.03. The topological polar surface area (TPSA) is 90.7 Å². The van der Waals surface area contributed by atoms with Crippen LogP contribution in [0.2, 0.25) is 0 Å². The standard InChI is InChI=1S/C19H17N5S/c1-11-13(9-22-18-16(11)17(20)23-19(21)24-18)10-25-15-8-4-6-12-5-2-3-7-14(12)15/h2-9H,10H2,1H3,(H4,20,21,22,23,24). The largest absolute Gasteiger partial charge is 0.383 e. The number of benzene rings is 2. The van der Waals surface area contributed by atoms with E-state index in [1.165, 1.54) is 15.7 Å². The zero-order chi connectivity index (χ0) is 17.4. The lowest BCUT2D eigenvalue weighted by molar-refractivity contribution is 1.17. The van der Waals surface area contributed by atoms with E-state index in [9.17, 15) is 0 Å². The van der Waals surface area contributed by atoms with Crippen molar-refractivity contribution in [2.24, 2.45) is 0 Å². The highest BCUT2D eigenvalue weighted by molar-refractivity contribution is 7.98. The maximum atomic E-state index is 6.03. The first-order valence-corrected chi connectivity index (χ1v) is 8.90. The molecule has 0 radical (unpaired) electrons. The highest BCUT2D eigenvalue weighted by atomic mass is 32.2. The van der Waals surface area contributed by atoms with Crippen LogP contribution in [0.3, 0.4) is 0 Å². The molecule has 4 rings (SSSR count). The molecule has 2 aromatic heterocycles. The molecule has 2 heterocycles. The van der Waals surface area contributed by atoms with Crippen molar-refractivity contribution < 1.29 is 0 Å². The number of hydrogen-bond acceptors (Lipinski definition) is 6. The van der Waals surface area contributed by atoms with E-state index in [2.05, 4.69) is 57.4 Å². The monoisotopic (exact) mass is 347 g/mol. The van der Waals surface area contributed by atoms with Crippen molar-refractivity contribution in [2.75, 3.05) is 11.5 Å². The number of aryl methyl sites for hydroxylation is 1. The Morgan fingerprint density at radius 3 is 2.68 bits per heavy atom. The highest BCUT2D eigenvalue weighted by Crippen LogP contribution is 2.32. The van der Waals surface area contributed by atoms with Crippen molar-refractivity contribution in [3.8, 4) is 0 Å². The third kappa shape index (κ3) is 2.85. The van der Waals surface area contributed by atoms with Gasteiger partial charge in [0, 0.05) is 16.8 Å². The minimum Gasteiger partial charge on any atom is -0.383 e. The third-order valence-electron chi connectivity index (χ3n) is 4.27. The van der Waals surface area contributed by atoms with Crippen LogP contribution in [0.1, 0.15) is 11.1 Å². The molecule has 0 saturated heterocycles. The lowest BCUT2D eigenvalue weighted by Crippen LogP contribution is -2.04. The van der Waals surface area contributed by atoms with Crippen molar-refractivity contribution in [2.45, 2.75) is 17.6 Å². The summed E-state index contributed by atoms with van der Waals surface area (Å²) in [6.07, 6.45) is 1.85. The Morgan fingerprint density at radius 2 is 1.80 bits per heavy atom. The van der Waals surface area contributed by atoms with Gasteiger partial charge < -0.3 is 11.5 Å². The molecule has 124 valence electrons. The van der Waals surface area contributed by atoms with Crippen LogP contribution in [0.4, 0.5) is 11.8 Å². The summed E-state index contributed by atoms with van der Waals surface area (Å²) in [6.45, 7) is 2.03. The first kappa shape index (κ1) is 15.7. The molecule has 0 aliphatic rings. The summed E-state index contributed by atoms with van der Waals surface area (Å²) in [6, 6.07) is 14.8. The van der Waals surface area contributed by atoms with E-state index in [4.69, 9.17) is 11.5 Å². The van der Waals surface area contributed by atoms with Gasteiger partial charge in [0.05, 0.1) is 5.39 Å². The molecule has 0 bridgehead atoms. The summed E-state index contributed by atoms with van der Waals surface area (Å²) >= 11 is 1.79. The molecule has 25 heavy (non-hydrogen) atoms. The third-order valence-corrected chi connectivity index (χ3v) is 5.39. The van der Waals surface area contributed by atoms with E-state index < -0.39 is 0 Å². The molecule has 0 saturated carbocycles. The quantitative estimate of drug-likeness (QED) is 0.545. The molecular weight excluding hydrogens is 330 g/mol. The van der Waals surface area contributed by atoms with E-state index >= 15 is 0 Å². The van der Waals surface area contributed by atoms with Gasteiger partial charge in [-0.15, -0.1) is 11.8 Å². The van der Waals surface area contributed by atoms with Crippen molar-refractivity contribution in [1.29, 1.82) is 0 Å². The Bertz CT molecular complexity index is 1090. The smallest absolute Gasteiger partial charge is 0.224 e. The first-order chi connectivity index (χ1) is 12.1. The van der Waals surface area contributed by atoms with Crippen LogP contribution in [-0.2, 0) is 5.75 Å². The van der Waals surface area contributed by atoms with Gasteiger partial charge in [0.15, 0.2) is 5.65 Å². The van der Waals surface area contributed by atoms with Crippen LogP contribution < -0.4 is 11.5 Å². The molecule has 2 aromatic carbocycles. The first-order valence-electron chi connectivity index (χ1n) is 7.91. The molecule has 0 spiro atoms. The summed E-state index contributed by atoms with van der Waals surface area (Å²) in [5.41, 5.74) is 14.4. The predicted molar refractivity (Wildman–Crippen MR) is 104 cm³/mol. The SMILES string of the molecule is Cc1c(CSc2cccc3ccccc23)cnc2nc(N)nc(N)c12. The average molecular weight is 347 g/mol. The Labute approximate surface area is 149 Å². The Morgan fingerprint density at radius 1 is 1.00 bits per heavy atom. The number of nitrogens with two attached hydrogens (primary N) is 2. The van der Waals surface area contributed by atoms with Gasteiger partial charge in [0.2, 0.25) is 5.95 Å². The van der Waals surface area contributed by atoms with Crippen LogP contribution in [0.25, 0.3) is 21.8 Å². The number of aromatic nitrogens is 3. The molecule has 6 heteroatoms. The normalized spacial score (nSPS) is 11.2. The summed E-state index contributed by atoms with van der Waals surface area (Å²) in [4.78, 5) is 13.9. The number of anilines is 2. The molecular formula is C19H17N5S. The van der Waals surface area contributed by atoms with Gasteiger partial charge in [0.25, 0.3) is 0 Å². The highest BCUT2D eigenvalue weighted by Gasteiger charge is 2.12. The van der Waals surface area contributed by atoms with Crippen molar-refractivity contribution in [3.63, 3.8) is 0 Å². The van der Waals surface area contributed by atoms with Gasteiger partial charge in [-0.1, -0.05) is 36.4 Å². The molecule has 0 amide bonds. The predicted octanol–water partition coefficient (Wildman–Crippen LogP) is 3.94. The molecule has 0 fully saturated rings. The van der Waals surface area contributed by atoms with Gasteiger partial charge in [-0.3, -0.25) is 0 Å². The van der Waals surface area contributed by atoms with Crippen LogP contribution in [0.15, 0.2) is 53.6 Å². The van der Waals surface area contributed by atoms with Crippen LogP contribution >= 0.6 is 11.8 Å². The second-order valence-electron chi connectivity index (χ2n) is 5.84. The summed E-state index contributed by atoms with van der Waals surface area (Å²) < 4.78 is 0. The number of hydrogen-bond donors (Lipinski definition) is 2. The van der Waals surface area contributed by atoms with Crippen LogP contribution in [0, 0.1) is 6.92 Å². The second-order valence-corrected chi connectivity index (χ2v) is 6.86. The Kier molecular flexibility index (Phi) is 3.89. The summed E-state index contributed by atoms with van der Waals surface area (Å²) in [7, 11) is 0. The van der Waals surface area contributed by atoms with Gasteiger partial charge >= 0.3 is 0 Å². The molecule has 4 aromatic rings. The van der Waals surface area contributed by atoms with Crippen LogP contribution in [-0.4, -0.2) is 15.0 Å². The molecule has 0 aliphatic carbocycles. The fourth-order valence-electron chi connectivity index (χ4n) is 2.96. The molecule has 0 aliphatic heterocycles. The lowest BCUT2D eigenvalue weighted by atomic mass is 10.1. The lowest BCUT2D eigenvalue weighted by Gasteiger charge is -2.11. The number of fused-ring (bicyclic) bond motifs is 2. The zero-order valence-corrected chi connectivity index (χ0v) is 14.5. The number of nitrogen functional groups attached to an aromatic ring is 2. The van der Waals surface area contributed by atoms with E-state index in [0.29, 0.717) is 11.5 Å². The zero-order valence-electron chi connectivity index (χ0n) is 13.7. The van der Waals surface area contributed by atoms with E-state index in [0.717, 1.165) is 22.3 Å². The van der Waals surface area contributed by atoms with Crippen molar-refractivity contribution in [3.05, 3.63) is 59.8 Å². The number of nitrogens with zero attached hydrogens (tertiary/aromatic N) is 3. The minimum atomic E-state index is 0.148. The van der Waals surface area contributed by atoms with Crippen LogP contribution in [0.5, 0.6) is 0 Å². The second kappa shape index (κ2) is 6.22. The van der Waals surface area contributed by atoms with Gasteiger partial charge in [-0.2, -0.15) is 9.97 Å². The fourth-order valence-corrected chi connectivity index (χ4v) is 4.07. The Balaban J connectivity index is 1.70. The Hall–Kier alpha value is -2.86.